The van der Waals surface area contributed by atoms with Crippen LogP contribution in [0.5, 0.6) is 5.75 Å². The number of rotatable bonds is 5. The molecule has 0 atom stereocenters. The first kappa shape index (κ1) is 14.3. The Morgan fingerprint density at radius 2 is 2.00 bits per heavy atom. The Morgan fingerprint density at radius 3 is 2.67 bits per heavy atom. The Kier molecular flexibility index (Phi) is 4.36. The highest BCUT2D eigenvalue weighted by Crippen LogP contribution is 2.22. The Morgan fingerprint density at radius 1 is 1.29 bits per heavy atom. The van der Waals surface area contributed by atoms with E-state index in [4.69, 9.17) is 4.74 Å². The lowest BCUT2D eigenvalue weighted by molar-refractivity contribution is 0.0122. The fourth-order valence-corrected chi connectivity index (χ4v) is 2.55. The van der Waals surface area contributed by atoms with Crippen LogP contribution in [-0.4, -0.2) is 40.3 Å². The molecule has 0 bridgehead atoms. The fraction of sp³-hybridized carbons (Fsp3) is 0.333. The van der Waals surface area contributed by atoms with Crippen LogP contribution in [0.1, 0.15) is 5.56 Å². The Hall–Kier alpha value is -1.66. The highest BCUT2D eigenvalue weighted by Gasteiger charge is 2.29. The van der Waals surface area contributed by atoms with Crippen molar-refractivity contribution in [1.82, 2.24) is 14.9 Å². The van der Waals surface area contributed by atoms with E-state index in [9.17, 15) is 4.39 Å². The van der Waals surface area contributed by atoms with Gasteiger partial charge in [-0.1, -0.05) is 23.9 Å². The van der Waals surface area contributed by atoms with E-state index in [-0.39, 0.29) is 11.9 Å². The number of ether oxygens (including phenoxy) is 1. The van der Waals surface area contributed by atoms with Gasteiger partial charge in [-0.25, -0.2) is 14.4 Å². The molecule has 3 rings (SSSR count). The van der Waals surface area contributed by atoms with Crippen molar-refractivity contribution in [3.63, 3.8) is 0 Å². The minimum Gasteiger partial charge on any atom is -0.485 e. The number of benzene rings is 1. The van der Waals surface area contributed by atoms with Gasteiger partial charge < -0.3 is 4.74 Å². The van der Waals surface area contributed by atoms with Gasteiger partial charge in [0.1, 0.15) is 6.10 Å². The molecule has 2 aromatic rings. The van der Waals surface area contributed by atoms with E-state index in [0.717, 1.165) is 30.4 Å². The van der Waals surface area contributed by atoms with Crippen molar-refractivity contribution < 1.29 is 9.13 Å². The Labute approximate surface area is 127 Å². The number of hydrogen-bond acceptors (Lipinski definition) is 5. The average molecular weight is 305 g/mol. The van der Waals surface area contributed by atoms with Gasteiger partial charge in [0.05, 0.1) is 0 Å². The number of para-hydroxylation sites is 1. The average Bonchev–Trinajstić information content (AvgIpc) is 2.48. The maximum Gasteiger partial charge on any atom is 0.187 e. The van der Waals surface area contributed by atoms with Crippen molar-refractivity contribution in [2.45, 2.75) is 17.8 Å². The molecule has 0 unspecified atom stereocenters. The molecule has 0 spiro atoms. The lowest BCUT2D eigenvalue weighted by Gasteiger charge is -2.38. The summed E-state index contributed by atoms with van der Waals surface area (Å²) in [5, 5.41) is 0.781. The third-order valence-corrected chi connectivity index (χ3v) is 3.90. The maximum absolute atomic E-state index is 13.5. The molecule has 6 heteroatoms. The molecular formula is C15H16FN3OS. The van der Waals surface area contributed by atoms with Crippen LogP contribution in [0.15, 0.2) is 41.8 Å². The molecule has 1 saturated heterocycles. The number of hydrogen-bond donors (Lipinski definition) is 0. The van der Waals surface area contributed by atoms with Crippen LogP contribution in [0.2, 0.25) is 0 Å². The van der Waals surface area contributed by atoms with Crippen LogP contribution in [-0.2, 0) is 6.54 Å². The zero-order valence-corrected chi connectivity index (χ0v) is 12.5. The number of nitrogens with zero attached hydrogens (tertiary/aromatic N) is 3. The summed E-state index contributed by atoms with van der Waals surface area (Å²) >= 11 is 1.53. The summed E-state index contributed by atoms with van der Waals surface area (Å²) in [6, 6.07) is 6.51. The zero-order valence-electron chi connectivity index (χ0n) is 11.7. The highest BCUT2D eigenvalue weighted by molar-refractivity contribution is 7.98. The van der Waals surface area contributed by atoms with Gasteiger partial charge >= 0.3 is 0 Å². The minimum absolute atomic E-state index is 0.0493. The van der Waals surface area contributed by atoms with Crippen molar-refractivity contribution in [1.29, 1.82) is 0 Å². The molecule has 1 aromatic carbocycles. The van der Waals surface area contributed by atoms with Gasteiger partial charge in [0.2, 0.25) is 0 Å². The topological polar surface area (TPSA) is 38.2 Å². The maximum atomic E-state index is 13.5. The number of likely N-dealkylation sites (tertiary alicyclic amines) is 1. The second-order valence-corrected chi connectivity index (χ2v) is 5.72. The summed E-state index contributed by atoms with van der Waals surface area (Å²) in [6.45, 7) is 2.38. The molecule has 0 aliphatic carbocycles. The van der Waals surface area contributed by atoms with Gasteiger partial charge in [-0.05, 0) is 18.4 Å². The molecule has 4 nitrogen and oxygen atoms in total. The molecular weight excluding hydrogens is 289 g/mol. The molecule has 1 aliphatic rings. The van der Waals surface area contributed by atoms with Crippen LogP contribution in [0.4, 0.5) is 4.39 Å². The van der Waals surface area contributed by atoms with Crippen LogP contribution in [0, 0.1) is 5.82 Å². The molecule has 0 N–H and O–H groups in total. The largest absolute Gasteiger partial charge is 0.485 e. The van der Waals surface area contributed by atoms with E-state index in [1.54, 1.807) is 18.2 Å². The normalized spacial score (nSPS) is 15.7. The second kappa shape index (κ2) is 6.41. The number of halogens is 1. The van der Waals surface area contributed by atoms with Crippen molar-refractivity contribution in [2.75, 3.05) is 19.3 Å². The summed E-state index contributed by atoms with van der Waals surface area (Å²) in [5.41, 5.74) is 1.08. The van der Waals surface area contributed by atoms with Crippen LogP contribution < -0.4 is 4.74 Å². The molecule has 0 saturated carbocycles. The Balaban J connectivity index is 1.48. The monoisotopic (exact) mass is 305 g/mol. The van der Waals surface area contributed by atoms with E-state index in [1.165, 1.54) is 17.8 Å². The summed E-state index contributed by atoms with van der Waals surface area (Å²) in [6.07, 6.45) is 5.70. The summed E-state index contributed by atoms with van der Waals surface area (Å²) in [4.78, 5) is 10.7. The smallest absolute Gasteiger partial charge is 0.187 e. The lowest BCUT2D eigenvalue weighted by Crippen LogP contribution is -2.53. The van der Waals surface area contributed by atoms with Gasteiger partial charge in [0, 0.05) is 37.6 Å². The fourth-order valence-electron chi connectivity index (χ4n) is 2.23. The predicted octanol–water partition coefficient (Wildman–Crippen LogP) is 2.60. The molecule has 110 valence electrons. The second-order valence-electron chi connectivity index (χ2n) is 4.94. The molecule has 21 heavy (non-hydrogen) atoms. The Bertz CT molecular complexity index is 602. The van der Waals surface area contributed by atoms with Crippen molar-refractivity contribution >= 4 is 11.8 Å². The molecule has 1 aromatic heterocycles. The van der Waals surface area contributed by atoms with E-state index in [1.807, 2.05) is 18.6 Å². The quantitative estimate of drug-likeness (QED) is 0.627. The number of thioether (sulfide) groups is 1. The van der Waals surface area contributed by atoms with Crippen LogP contribution >= 0.6 is 11.8 Å². The lowest BCUT2D eigenvalue weighted by atomic mass is 10.1. The van der Waals surface area contributed by atoms with Crippen LogP contribution in [0.25, 0.3) is 0 Å². The number of aromatic nitrogens is 2. The first-order valence-electron chi connectivity index (χ1n) is 6.73. The first-order valence-corrected chi connectivity index (χ1v) is 7.95. The molecule has 0 radical (unpaired) electrons. The SMILES string of the molecule is CSc1ncc(CN2CC(Oc3ccccc3F)C2)cn1. The van der Waals surface area contributed by atoms with Crippen molar-refractivity contribution in [3.05, 3.63) is 48.0 Å². The van der Waals surface area contributed by atoms with Crippen molar-refractivity contribution in [3.8, 4) is 5.75 Å². The molecule has 1 fully saturated rings. The predicted molar refractivity (Wildman–Crippen MR) is 79.9 cm³/mol. The minimum atomic E-state index is -0.308. The van der Waals surface area contributed by atoms with Gasteiger partial charge in [0.15, 0.2) is 16.7 Å². The van der Waals surface area contributed by atoms with E-state index in [2.05, 4.69) is 14.9 Å². The summed E-state index contributed by atoms with van der Waals surface area (Å²) in [5.74, 6) is 0.0202. The van der Waals surface area contributed by atoms with Gasteiger partial charge in [-0.2, -0.15) is 0 Å². The van der Waals surface area contributed by atoms with Crippen molar-refractivity contribution in [2.24, 2.45) is 0 Å². The first-order chi connectivity index (χ1) is 10.2. The summed E-state index contributed by atoms with van der Waals surface area (Å²) in [7, 11) is 0. The standard InChI is InChI=1S/C15H16FN3OS/c1-21-15-17-6-11(7-18-15)8-19-9-12(10-19)20-14-5-3-2-4-13(14)16/h2-7,12H,8-10H2,1H3. The third-order valence-electron chi connectivity index (χ3n) is 3.32. The highest BCUT2D eigenvalue weighted by atomic mass is 32.2. The van der Waals surface area contributed by atoms with Crippen LogP contribution in [0.3, 0.4) is 0 Å². The zero-order chi connectivity index (χ0) is 14.7. The van der Waals surface area contributed by atoms with Gasteiger partial charge in [-0.15, -0.1) is 0 Å². The molecule has 2 heterocycles. The van der Waals surface area contributed by atoms with E-state index in [0.29, 0.717) is 5.75 Å². The van der Waals surface area contributed by atoms with Gasteiger partial charge in [-0.3, -0.25) is 4.90 Å². The third kappa shape index (κ3) is 3.51. The molecule has 1 aliphatic heterocycles. The van der Waals surface area contributed by atoms with Gasteiger partial charge in [0.25, 0.3) is 0 Å². The van der Waals surface area contributed by atoms with E-state index < -0.39 is 0 Å². The summed E-state index contributed by atoms with van der Waals surface area (Å²) < 4.78 is 19.1. The van der Waals surface area contributed by atoms with E-state index >= 15 is 0 Å². The molecule has 0 amide bonds.